The minimum Gasteiger partial charge on any atom is -0.482 e. The molecule has 0 spiro atoms. The predicted octanol–water partition coefficient (Wildman–Crippen LogP) is 4.90. The molecule has 3 rings (SSSR count). The molecule has 2 amide bonds. The summed E-state index contributed by atoms with van der Waals surface area (Å²) >= 11 is 14.2. The van der Waals surface area contributed by atoms with E-state index in [1.165, 1.54) is 29.2 Å². The highest BCUT2D eigenvalue weighted by molar-refractivity contribution is 8.01. The Morgan fingerprint density at radius 2 is 1.93 bits per heavy atom. The van der Waals surface area contributed by atoms with Crippen LogP contribution in [0.3, 0.4) is 0 Å². The molecule has 11 heteroatoms. The van der Waals surface area contributed by atoms with Crippen molar-refractivity contribution in [3.63, 3.8) is 0 Å². The van der Waals surface area contributed by atoms with Crippen molar-refractivity contribution < 1.29 is 14.3 Å². The van der Waals surface area contributed by atoms with Crippen LogP contribution in [0.5, 0.6) is 5.75 Å². The second-order valence-electron chi connectivity index (χ2n) is 5.99. The third-order valence-corrected chi connectivity index (χ3v) is 6.04. The van der Waals surface area contributed by atoms with Crippen molar-refractivity contribution in [2.24, 2.45) is 0 Å². The lowest BCUT2D eigenvalue weighted by atomic mass is 10.2. The van der Waals surface area contributed by atoms with E-state index in [9.17, 15) is 9.59 Å². The van der Waals surface area contributed by atoms with E-state index in [4.69, 9.17) is 27.9 Å². The van der Waals surface area contributed by atoms with Crippen LogP contribution in [0.2, 0.25) is 10.0 Å². The topological polar surface area (TPSA) is 93.2 Å². The Kier molecular flexibility index (Phi) is 7.92. The van der Waals surface area contributed by atoms with E-state index in [1.807, 2.05) is 31.2 Å². The Bertz CT molecular complexity index is 1060. The normalized spacial score (nSPS) is 10.5. The first kappa shape index (κ1) is 22.4. The summed E-state index contributed by atoms with van der Waals surface area (Å²) < 4.78 is 5.93. The lowest BCUT2D eigenvalue weighted by molar-refractivity contribution is -0.118. The third kappa shape index (κ3) is 6.88. The molecule has 0 saturated carbocycles. The monoisotopic (exact) mass is 482 g/mol. The van der Waals surface area contributed by atoms with Crippen LogP contribution < -0.4 is 15.4 Å². The van der Waals surface area contributed by atoms with E-state index >= 15 is 0 Å². The number of halogens is 2. The Morgan fingerprint density at radius 1 is 1.10 bits per heavy atom. The SMILES string of the molecule is Cc1cccc(NC(=O)CSc2nnc(NC(=O)COc3ccc(Cl)cc3Cl)s2)c1. The molecule has 2 aromatic carbocycles. The van der Waals surface area contributed by atoms with Gasteiger partial charge < -0.3 is 10.1 Å². The van der Waals surface area contributed by atoms with Gasteiger partial charge in [-0.05, 0) is 42.8 Å². The maximum Gasteiger partial charge on any atom is 0.264 e. The number of aromatic nitrogens is 2. The highest BCUT2D eigenvalue weighted by Crippen LogP contribution is 2.28. The average molecular weight is 483 g/mol. The molecule has 7 nitrogen and oxygen atoms in total. The molecule has 0 bridgehead atoms. The van der Waals surface area contributed by atoms with E-state index in [-0.39, 0.29) is 18.3 Å². The third-order valence-electron chi connectivity index (χ3n) is 3.53. The molecule has 2 N–H and O–H groups in total. The standard InChI is InChI=1S/C19H16Cl2N4O3S2/c1-11-3-2-4-13(7-11)22-17(27)10-29-19-25-24-18(30-19)23-16(26)9-28-15-6-5-12(20)8-14(15)21/h2-8H,9-10H2,1H3,(H,22,27)(H,23,24,26). The molecule has 1 aromatic heterocycles. The molecule has 3 aromatic rings. The van der Waals surface area contributed by atoms with E-state index in [1.54, 1.807) is 12.1 Å². The number of aryl methyl sites for hydroxylation is 1. The van der Waals surface area contributed by atoms with Crippen molar-refractivity contribution in [1.82, 2.24) is 10.2 Å². The smallest absolute Gasteiger partial charge is 0.264 e. The van der Waals surface area contributed by atoms with Gasteiger partial charge in [-0.1, -0.05) is 58.4 Å². The van der Waals surface area contributed by atoms with Gasteiger partial charge in [0.15, 0.2) is 10.9 Å². The summed E-state index contributed by atoms with van der Waals surface area (Å²) in [5.41, 5.74) is 1.80. The Hall–Kier alpha value is -2.33. The predicted molar refractivity (Wildman–Crippen MR) is 121 cm³/mol. The van der Waals surface area contributed by atoms with Crippen LogP contribution in [0.15, 0.2) is 46.8 Å². The molecule has 0 aliphatic heterocycles. The van der Waals surface area contributed by atoms with Gasteiger partial charge in [0, 0.05) is 10.7 Å². The molecule has 0 atom stereocenters. The van der Waals surface area contributed by atoms with Crippen molar-refractivity contribution in [3.05, 3.63) is 58.1 Å². The highest BCUT2D eigenvalue weighted by atomic mass is 35.5. The van der Waals surface area contributed by atoms with E-state index in [0.29, 0.717) is 25.3 Å². The van der Waals surface area contributed by atoms with Crippen LogP contribution >= 0.6 is 46.3 Å². The Morgan fingerprint density at radius 3 is 2.70 bits per heavy atom. The number of carbonyl (C=O) groups is 2. The van der Waals surface area contributed by atoms with Crippen molar-refractivity contribution in [3.8, 4) is 5.75 Å². The number of thioether (sulfide) groups is 1. The van der Waals surface area contributed by atoms with E-state index in [0.717, 1.165) is 11.3 Å². The van der Waals surface area contributed by atoms with Crippen LogP contribution in [0.4, 0.5) is 10.8 Å². The number of ether oxygens (including phenoxy) is 1. The first-order valence-electron chi connectivity index (χ1n) is 8.59. The summed E-state index contributed by atoms with van der Waals surface area (Å²) in [6, 6.07) is 12.3. The van der Waals surface area contributed by atoms with Gasteiger partial charge in [0.1, 0.15) is 5.75 Å². The lowest BCUT2D eigenvalue weighted by Crippen LogP contribution is -2.20. The summed E-state index contributed by atoms with van der Waals surface area (Å²) in [7, 11) is 0. The van der Waals surface area contributed by atoms with Crippen LogP contribution in [-0.2, 0) is 9.59 Å². The zero-order valence-electron chi connectivity index (χ0n) is 15.6. The molecule has 0 unspecified atom stereocenters. The molecule has 0 radical (unpaired) electrons. The molecular formula is C19H16Cl2N4O3S2. The van der Waals surface area contributed by atoms with Crippen LogP contribution in [0.25, 0.3) is 0 Å². The Balaban J connectivity index is 1.44. The maximum absolute atomic E-state index is 12.1. The fourth-order valence-electron chi connectivity index (χ4n) is 2.26. The summed E-state index contributed by atoms with van der Waals surface area (Å²) in [6.45, 7) is 1.71. The summed E-state index contributed by atoms with van der Waals surface area (Å²) in [5.74, 6) is -0.0378. The number of nitrogens with zero attached hydrogens (tertiary/aromatic N) is 2. The minimum absolute atomic E-state index is 0.153. The van der Waals surface area contributed by atoms with Gasteiger partial charge in [0.25, 0.3) is 5.91 Å². The first-order chi connectivity index (χ1) is 14.4. The fraction of sp³-hybridized carbons (Fsp3) is 0.158. The summed E-state index contributed by atoms with van der Waals surface area (Å²) in [6.07, 6.45) is 0. The van der Waals surface area contributed by atoms with E-state index < -0.39 is 5.91 Å². The number of anilines is 2. The molecule has 1 heterocycles. The van der Waals surface area contributed by atoms with Gasteiger partial charge in [0.2, 0.25) is 11.0 Å². The molecular weight excluding hydrogens is 467 g/mol. The quantitative estimate of drug-likeness (QED) is 0.350. The van der Waals surface area contributed by atoms with Gasteiger partial charge in [-0.15, -0.1) is 10.2 Å². The first-order valence-corrected chi connectivity index (χ1v) is 11.2. The lowest BCUT2D eigenvalue weighted by Gasteiger charge is -2.07. The minimum atomic E-state index is -0.411. The number of hydrogen-bond acceptors (Lipinski definition) is 7. The number of hydrogen-bond donors (Lipinski definition) is 2. The second kappa shape index (κ2) is 10.6. The van der Waals surface area contributed by atoms with Crippen LogP contribution in [0, 0.1) is 6.92 Å². The fourth-order valence-corrected chi connectivity index (χ4v) is 4.29. The van der Waals surface area contributed by atoms with Crippen LogP contribution in [0.1, 0.15) is 5.56 Å². The van der Waals surface area contributed by atoms with Gasteiger partial charge >= 0.3 is 0 Å². The number of amides is 2. The molecule has 0 aliphatic rings. The summed E-state index contributed by atoms with van der Waals surface area (Å²) in [4.78, 5) is 24.1. The van der Waals surface area contributed by atoms with Gasteiger partial charge in [-0.25, -0.2) is 0 Å². The van der Waals surface area contributed by atoms with Crippen LogP contribution in [-0.4, -0.2) is 34.4 Å². The van der Waals surface area contributed by atoms with Crippen molar-refractivity contribution in [2.75, 3.05) is 23.0 Å². The molecule has 30 heavy (non-hydrogen) atoms. The van der Waals surface area contributed by atoms with Gasteiger partial charge in [0.05, 0.1) is 10.8 Å². The molecule has 156 valence electrons. The van der Waals surface area contributed by atoms with Gasteiger partial charge in [-0.2, -0.15) is 0 Å². The van der Waals surface area contributed by atoms with E-state index in [2.05, 4.69) is 20.8 Å². The van der Waals surface area contributed by atoms with Crippen molar-refractivity contribution in [1.29, 1.82) is 0 Å². The van der Waals surface area contributed by atoms with Crippen molar-refractivity contribution in [2.45, 2.75) is 11.3 Å². The average Bonchev–Trinajstić information content (AvgIpc) is 3.13. The number of rotatable bonds is 8. The zero-order valence-corrected chi connectivity index (χ0v) is 18.8. The molecule has 0 aliphatic carbocycles. The van der Waals surface area contributed by atoms with Gasteiger partial charge in [-0.3, -0.25) is 14.9 Å². The maximum atomic E-state index is 12.1. The Labute approximate surface area is 191 Å². The molecule has 0 saturated heterocycles. The second-order valence-corrected chi connectivity index (χ2v) is 9.03. The number of benzene rings is 2. The highest BCUT2D eigenvalue weighted by Gasteiger charge is 2.12. The zero-order chi connectivity index (χ0) is 21.5. The number of nitrogens with one attached hydrogen (secondary N) is 2. The van der Waals surface area contributed by atoms with Crippen molar-refractivity contribution >= 4 is 68.9 Å². The summed E-state index contributed by atoms with van der Waals surface area (Å²) in [5, 5.41) is 14.4. The number of carbonyl (C=O) groups excluding carboxylic acids is 2. The largest absolute Gasteiger partial charge is 0.482 e. The molecule has 0 fully saturated rings.